The summed E-state index contributed by atoms with van der Waals surface area (Å²) in [5.74, 6) is -2.67. The van der Waals surface area contributed by atoms with Crippen LogP contribution in [0, 0.1) is 17.3 Å². The van der Waals surface area contributed by atoms with Gasteiger partial charge < -0.3 is 69.7 Å². The summed E-state index contributed by atoms with van der Waals surface area (Å²) < 4.78 is 12.6. The third kappa shape index (κ3) is 14.6. The zero-order chi connectivity index (χ0) is 43.8. The van der Waals surface area contributed by atoms with Crippen molar-refractivity contribution >= 4 is 36.7 Å². The molecular formula is C40H77BN10O8. The van der Waals surface area contributed by atoms with Crippen molar-refractivity contribution in [2.45, 2.75) is 185 Å². The molecule has 59 heavy (non-hydrogen) atoms. The Labute approximate surface area is 351 Å². The van der Waals surface area contributed by atoms with Crippen LogP contribution < -0.4 is 55.3 Å². The molecule has 1 aliphatic heterocycles. The molecule has 0 spiro atoms. The Bertz CT molecular complexity index is 1360. The minimum Gasteiger partial charge on any atom is -0.403 e. The van der Waals surface area contributed by atoms with Gasteiger partial charge in [0.1, 0.15) is 24.2 Å². The highest BCUT2D eigenvalue weighted by Crippen LogP contribution is 2.65. The molecule has 338 valence electrons. The SMILES string of the molecule is C[C@@H](O)[C@H](NC(=O)[C@H](CCN)NC(=O)CCCCCCCCCCCCN)C(=O)N[C@@H](N)C(=O)N[C@@H](CCCCN)C(=O)N[C@@H](N)B1O[C@@H]2C[C@@H]3C[C@@H](C3(C)C)[C@]2(C)O1. The summed E-state index contributed by atoms with van der Waals surface area (Å²) in [6.45, 7) is 9.01. The number of aliphatic hydroxyl groups is 1. The molecule has 3 saturated carbocycles. The van der Waals surface area contributed by atoms with E-state index in [0.29, 0.717) is 37.6 Å². The summed E-state index contributed by atoms with van der Waals surface area (Å²) in [6.07, 6.45) is 11.0. The van der Waals surface area contributed by atoms with E-state index in [2.05, 4.69) is 40.4 Å². The molecule has 4 aliphatic rings. The first-order valence-electron chi connectivity index (χ1n) is 22.1. The number of nitrogens with one attached hydrogen (secondary N) is 5. The lowest BCUT2D eigenvalue weighted by Gasteiger charge is -2.64. The van der Waals surface area contributed by atoms with E-state index in [0.717, 1.165) is 51.5 Å². The molecular weight excluding hydrogens is 759 g/mol. The Hall–Kier alpha value is -2.91. The lowest BCUT2D eigenvalue weighted by atomic mass is 9.43. The summed E-state index contributed by atoms with van der Waals surface area (Å²) in [7, 11) is -0.886. The predicted molar refractivity (Wildman–Crippen MR) is 226 cm³/mol. The number of carbonyl (C=O) groups is 5. The van der Waals surface area contributed by atoms with Crippen LogP contribution >= 0.6 is 0 Å². The van der Waals surface area contributed by atoms with Crippen LogP contribution in [0.25, 0.3) is 0 Å². The van der Waals surface area contributed by atoms with Crippen LogP contribution in [-0.2, 0) is 33.3 Å². The Morgan fingerprint density at radius 3 is 1.81 bits per heavy atom. The molecule has 2 bridgehead atoms. The predicted octanol–water partition coefficient (Wildman–Crippen LogP) is -0.381. The first-order valence-corrected chi connectivity index (χ1v) is 22.1. The molecule has 18 nitrogen and oxygen atoms in total. The van der Waals surface area contributed by atoms with Gasteiger partial charge in [-0.25, -0.2) is 0 Å². The zero-order valence-electron chi connectivity index (χ0n) is 36.1. The molecule has 10 atom stereocenters. The molecule has 0 aromatic heterocycles. The van der Waals surface area contributed by atoms with Crippen molar-refractivity contribution in [2.75, 3.05) is 19.6 Å². The standard InChI is InChI=1S/C40H77BN10O8/c1-25(52)32(49-34(54)28(19-22-44)47-31(53)18-13-11-9-7-5-6-8-10-12-15-20-42)36(56)50-33(45)37(57)48-27(17-14-16-21-43)35(55)51-38(46)41-58-30-24-26-23-29(39(26,2)3)40(30,4)59-41/h25-30,32-33,38,52H,5-24,42-46H2,1-4H3,(H,47,53)(H,48,57)(H,49,54)(H,50,56)(H,51,55)/t25-,26+,27+,28+,29+,30-,32+,33-,38-,40+/m1/s1. The summed E-state index contributed by atoms with van der Waals surface area (Å²) in [4.78, 5) is 66.1. The monoisotopic (exact) mass is 837 g/mol. The largest absolute Gasteiger partial charge is 0.497 e. The van der Waals surface area contributed by atoms with Gasteiger partial charge in [0.15, 0.2) is 6.17 Å². The number of hydrogen-bond acceptors (Lipinski definition) is 13. The molecule has 1 saturated heterocycles. The van der Waals surface area contributed by atoms with Gasteiger partial charge in [-0.3, -0.25) is 24.0 Å². The van der Waals surface area contributed by atoms with Crippen molar-refractivity contribution in [3.8, 4) is 0 Å². The molecule has 5 amide bonds. The number of nitrogens with two attached hydrogens (primary N) is 5. The second kappa shape index (κ2) is 24.5. The molecule has 3 aliphatic carbocycles. The fourth-order valence-electron chi connectivity index (χ4n) is 8.92. The number of hydrogen-bond donors (Lipinski definition) is 11. The fraction of sp³-hybridized carbons (Fsp3) is 0.875. The van der Waals surface area contributed by atoms with Crippen LogP contribution in [0.1, 0.15) is 137 Å². The average Bonchev–Trinajstić information content (AvgIpc) is 3.55. The van der Waals surface area contributed by atoms with Crippen molar-refractivity contribution in [1.29, 1.82) is 0 Å². The van der Waals surface area contributed by atoms with E-state index in [9.17, 15) is 29.1 Å². The van der Waals surface area contributed by atoms with E-state index in [1.54, 1.807) is 0 Å². The Morgan fingerprint density at radius 1 is 0.678 bits per heavy atom. The maximum Gasteiger partial charge on any atom is 0.497 e. The Morgan fingerprint density at radius 2 is 1.24 bits per heavy atom. The van der Waals surface area contributed by atoms with Crippen molar-refractivity contribution in [3.63, 3.8) is 0 Å². The smallest absolute Gasteiger partial charge is 0.403 e. The second-order valence-corrected chi connectivity index (χ2v) is 17.7. The summed E-state index contributed by atoms with van der Waals surface area (Å²) >= 11 is 0. The Kier molecular flexibility index (Phi) is 21.0. The minimum absolute atomic E-state index is 0.0753. The second-order valence-electron chi connectivity index (χ2n) is 17.7. The first-order chi connectivity index (χ1) is 28.0. The lowest BCUT2D eigenvalue weighted by Crippen LogP contribution is -2.65. The normalized spacial score (nSPS) is 24.6. The molecule has 0 unspecified atom stereocenters. The van der Waals surface area contributed by atoms with Gasteiger partial charge in [0.25, 0.3) is 5.91 Å². The number of rotatable bonds is 29. The summed E-state index contributed by atoms with van der Waals surface area (Å²) in [5.41, 5.74) is 29.0. The van der Waals surface area contributed by atoms with Gasteiger partial charge in [0.2, 0.25) is 23.6 Å². The van der Waals surface area contributed by atoms with Crippen LogP contribution in [0.3, 0.4) is 0 Å². The number of aliphatic hydroxyl groups excluding tert-OH is 1. The van der Waals surface area contributed by atoms with Crippen molar-refractivity contribution in [2.24, 2.45) is 45.9 Å². The van der Waals surface area contributed by atoms with Gasteiger partial charge in [-0.05, 0) is 102 Å². The summed E-state index contributed by atoms with van der Waals surface area (Å²) in [5, 5.41) is 23.2. The highest BCUT2D eigenvalue weighted by atomic mass is 16.7. The average molecular weight is 837 g/mol. The van der Waals surface area contributed by atoms with Crippen LogP contribution in [0.5, 0.6) is 0 Å². The maximum atomic E-state index is 13.5. The number of amides is 5. The summed E-state index contributed by atoms with van der Waals surface area (Å²) in [6, 6.07) is -4.71. The van der Waals surface area contributed by atoms with E-state index in [1.165, 1.54) is 32.6 Å². The van der Waals surface area contributed by atoms with Crippen LogP contribution in [0.15, 0.2) is 0 Å². The minimum atomic E-state index is -1.67. The number of carbonyl (C=O) groups excluding carboxylic acids is 5. The van der Waals surface area contributed by atoms with Gasteiger partial charge in [-0.15, -0.1) is 0 Å². The van der Waals surface area contributed by atoms with Gasteiger partial charge in [-0.1, -0.05) is 65.2 Å². The number of unbranched alkanes of at least 4 members (excludes halogenated alkanes) is 10. The van der Waals surface area contributed by atoms with E-state index < -0.39 is 72.8 Å². The van der Waals surface area contributed by atoms with Gasteiger partial charge in [0, 0.05) is 6.42 Å². The van der Waals surface area contributed by atoms with Crippen molar-refractivity contribution in [1.82, 2.24) is 26.6 Å². The topological polar surface area (TPSA) is 314 Å². The lowest BCUT2D eigenvalue weighted by molar-refractivity contribution is -0.199. The molecule has 0 aromatic carbocycles. The van der Waals surface area contributed by atoms with E-state index >= 15 is 0 Å². The quantitative estimate of drug-likeness (QED) is 0.0261. The van der Waals surface area contributed by atoms with Crippen molar-refractivity contribution in [3.05, 3.63) is 0 Å². The maximum absolute atomic E-state index is 13.5. The zero-order valence-corrected chi connectivity index (χ0v) is 36.1. The van der Waals surface area contributed by atoms with E-state index in [4.69, 9.17) is 38.0 Å². The van der Waals surface area contributed by atoms with E-state index in [1.807, 2.05) is 6.92 Å². The molecule has 19 heteroatoms. The molecule has 0 radical (unpaired) electrons. The Balaban J connectivity index is 1.48. The van der Waals surface area contributed by atoms with Crippen LogP contribution in [0.4, 0.5) is 0 Å². The fourth-order valence-corrected chi connectivity index (χ4v) is 8.92. The van der Waals surface area contributed by atoms with Crippen molar-refractivity contribution < 1.29 is 38.4 Å². The molecule has 0 aromatic rings. The molecule has 16 N–H and O–H groups in total. The van der Waals surface area contributed by atoms with Gasteiger partial charge in [0.05, 0.1) is 17.8 Å². The first kappa shape index (κ1) is 50.5. The van der Waals surface area contributed by atoms with Crippen LogP contribution in [-0.4, -0.2) is 110 Å². The highest BCUT2D eigenvalue weighted by Gasteiger charge is 2.68. The third-order valence-corrected chi connectivity index (χ3v) is 12.8. The molecule has 4 rings (SSSR count). The molecule has 4 fully saturated rings. The van der Waals surface area contributed by atoms with Crippen LogP contribution in [0.2, 0.25) is 0 Å². The third-order valence-electron chi connectivity index (χ3n) is 12.8. The van der Waals surface area contributed by atoms with Gasteiger partial charge in [-0.2, -0.15) is 0 Å². The molecule has 1 heterocycles. The van der Waals surface area contributed by atoms with Gasteiger partial charge >= 0.3 is 7.12 Å². The van der Waals surface area contributed by atoms with E-state index in [-0.39, 0.29) is 43.2 Å². The highest BCUT2D eigenvalue weighted by molar-refractivity contribution is 6.47.